The third-order valence-corrected chi connectivity index (χ3v) is 4.49. The monoisotopic (exact) mass is 332 g/mol. The Kier molecular flexibility index (Phi) is 4.36. The number of hydrogen-bond donors (Lipinski definition) is 1. The first kappa shape index (κ1) is 14.9. The van der Waals surface area contributed by atoms with E-state index < -0.39 is 0 Å². The fourth-order valence-corrected chi connectivity index (χ4v) is 3.06. The normalized spacial score (nSPS) is 10.8. The van der Waals surface area contributed by atoms with Gasteiger partial charge in [-0.1, -0.05) is 23.7 Å². The molecule has 0 saturated carbocycles. The Labute approximate surface area is 136 Å². The SMILES string of the molecule is Cc1nc2cc(NC(=O)CSc3ccccc3Cl)ccc2o1. The summed E-state index contributed by atoms with van der Waals surface area (Å²) >= 11 is 7.47. The van der Waals surface area contributed by atoms with Crippen molar-refractivity contribution in [2.75, 3.05) is 11.1 Å². The Morgan fingerprint density at radius 3 is 2.95 bits per heavy atom. The van der Waals surface area contributed by atoms with E-state index in [1.165, 1.54) is 11.8 Å². The highest BCUT2D eigenvalue weighted by Crippen LogP contribution is 2.26. The molecule has 3 aromatic rings. The van der Waals surface area contributed by atoms with Gasteiger partial charge in [-0.05, 0) is 30.3 Å². The van der Waals surface area contributed by atoms with Crippen LogP contribution in [0.4, 0.5) is 5.69 Å². The van der Waals surface area contributed by atoms with E-state index in [1.54, 1.807) is 25.1 Å². The van der Waals surface area contributed by atoms with Crippen LogP contribution >= 0.6 is 23.4 Å². The van der Waals surface area contributed by atoms with Crippen molar-refractivity contribution < 1.29 is 9.21 Å². The summed E-state index contributed by atoms with van der Waals surface area (Å²) in [7, 11) is 0. The Morgan fingerprint density at radius 2 is 2.14 bits per heavy atom. The second kappa shape index (κ2) is 6.42. The molecular formula is C16H13ClN2O2S. The fourth-order valence-electron chi connectivity index (χ4n) is 2.02. The van der Waals surface area contributed by atoms with Gasteiger partial charge in [0.1, 0.15) is 5.52 Å². The van der Waals surface area contributed by atoms with Crippen molar-refractivity contribution in [1.29, 1.82) is 0 Å². The summed E-state index contributed by atoms with van der Waals surface area (Å²) in [6.07, 6.45) is 0. The summed E-state index contributed by atoms with van der Waals surface area (Å²) in [5, 5.41) is 3.50. The maximum atomic E-state index is 12.0. The number of aryl methyl sites for hydroxylation is 1. The lowest BCUT2D eigenvalue weighted by Crippen LogP contribution is -2.13. The van der Waals surface area contributed by atoms with E-state index in [1.807, 2.05) is 24.3 Å². The molecule has 0 atom stereocenters. The van der Waals surface area contributed by atoms with Crippen LogP contribution in [0.5, 0.6) is 0 Å². The van der Waals surface area contributed by atoms with Crippen LogP contribution in [0.2, 0.25) is 5.02 Å². The third-order valence-electron chi connectivity index (χ3n) is 2.97. The van der Waals surface area contributed by atoms with E-state index in [4.69, 9.17) is 16.0 Å². The maximum absolute atomic E-state index is 12.0. The number of aromatic nitrogens is 1. The summed E-state index contributed by atoms with van der Waals surface area (Å²) in [4.78, 5) is 17.2. The van der Waals surface area contributed by atoms with Crippen LogP contribution in [0, 0.1) is 6.92 Å². The third kappa shape index (κ3) is 3.43. The number of oxazole rings is 1. The van der Waals surface area contributed by atoms with Crippen LogP contribution in [0.1, 0.15) is 5.89 Å². The van der Waals surface area contributed by atoms with Crippen molar-refractivity contribution >= 4 is 46.1 Å². The molecule has 1 heterocycles. The van der Waals surface area contributed by atoms with Gasteiger partial charge in [-0.25, -0.2) is 4.98 Å². The molecule has 0 spiro atoms. The molecule has 0 saturated heterocycles. The van der Waals surface area contributed by atoms with Crippen molar-refractivity contribution in [1.82, 2.24) is 4.98 Å². The van der Waals surface area contributed by atoms with Crippen molar-refractivity contribution in [3.63, 3.8) is 0 Å². The molecule has 0 radical (unpaired) electrons. The standard InChI is InChI=1S/C16H13ClN2O2S/c1-10-18-13-8-11(6-7-14(13)21-10)19-16(20)9-22-15-5-3-2-4-12(15)17/h2-8H,9H2,1H3,(H,19,20). The van der Waals surface area contributed by atoms with Gasteiger partial charge < -0.3 is 9.73 Å². The number of nitrogens with one attached hydrogen (secondary N) is 1. The number of carbonyl (C=O) groups is 1. The van der Waals surface area contributed by atoms with Gasteiger partial charge >= 0.3 is 0 Å². The lowest BCUT2D eigenvalue weighted by molar-refractivity contribution is -0.113. The van der Waals surface area contributed by atoms with E-state index >= 15 is 0 Å². The first-order valence-corrected chi connectivity index (χ1v) is 8.02. The topological polar surface area (TPSA) is 55.1 Å². The minimum Gasteiger partial charge on any atom is -0.441 e. The molecule has 1 amide bonds. The molecule has 4 nitrogen and oxygen atoms in total. The van der Waals surface area contributed by atoms with E-state index in [9.17, 15) is 4.79 Å². The summed E-state index contributed by atoms with van der Waals surface area (Å²) in [6, 6.07) is 12.8. The number of anilines is 1. The van der Waals surface area contributed by atoms with Gasteiger partial charge in [0.05, 0.1) is 10.8 Å². The number of rotatable bonds is 4. The van der Waals surface area contributed by atoms with E-state index in [2.05, 4.69) is 10.3 Å². The molecule has 3 rings (SSSR count). The number of halogens is 1. The van der Waals surface area contributed by atoms with E-state index in [0.717, 1.165) is 10.4 Å². The lowest BCUT2D eigenvalue weighted by Gasteiger charge is -2.06. The van der Waals surface area contributed by atoms with Crippen LogP contribution in [-0.4, -0.2) is 16.6 Å². The summed E-state index contributed by atoms with van der Waals surface area (Å²) in [5.74, 6) is 0.803. The smallest absolute Gasteiger partial charge is 0.234 e. The zero-order chi connectivity index (χ0) is 15.5. The average Bonchev–Trinajstić information content (AvgIpc) is 2.86. The molecule has 0 unspecified atom stereocenters. The van der Waals surface area contributed by atoms with Crippen LogP contribution < -0.4 is 5.32 Å². The number of amides is 1. The Hall–Kier alpha value is -1.98. The van der Waals surface area contributed by atoms with Gasteiger partial charge in [-0.3, -0.25) is 4.79 Å². The van der Waals surface area contributed by atoms with Gasteiger partial charge in [-0.2, -0.15) is 0 Å². The second-order valence-electron chi connectivity index (χ2n) is 4.68. The number of fused-ring (bicyclic) bond motifs is 1. The molecule has 0 aliphatic rings. The fraction of sp³-hybridized carbons (Fsp3) is 0.125. The minimum atomic E-state index is -0.0931. The number of benzene rings is 2. The maximum Gasteiger partial charge on any atom is 0.234 e. The lowest BCUT2D eigenvalue weighted by atomic mass is 10.3. The first-order chi connectivity index (χ1) is 10.6. The molecule has 2 aromatic carbocycles. The van der Waals surface area contributed by atoms with Gasteiger partial charge in [0.2, 0.25) is 5.91 Å². The number of hydrogen-bond acceptors (Lipinski definition) is 4. The average molecular weight is 333 g/mol. The van der Waals surface area contributed by atoms with Crippen LogP contribution in [0.3, 0.4) is 0 Å². The van der Waals surface area contributed by atoms with Crippen LogP contribution in [0.15, 0.2) is 51.8 Å². The first-order valence-electron chi connectivity index (χ1n) is 6.66. The van der Waals surface area contributed by atoms with Crippen LogP contribution in [0.25, 0.3) is 11.1 Å². The Balaban J connectivity index is 1.64. The molecule has 0 bridgehead atoms. The predicted octanol–water partition coefficient (Wildman–Crippen LogP) is 4.52. The molecule has 1 N–H and O–H groups in total. The number of thioether (sulfide) groups is 1. The zero-order valence-corrected chi connectivity index (χ0v) is 13.4. The zero-order valence-electron chi connectivity index (χ0n) is 11.8. The highest BCUT2D eigenvalue weighted by Gasteiger charge is 2.08. The molecule has 0 aliphatic heterocycles. The van der Waals surface area contributed by atoms with Crippen molar-refractivity contribution in [2.24, 2.45) is 0 Å². The number of nitrogens with zero attached hydrogens (tertiary/aromatic N) is 1. The molecule has 0 aliphatic carbocycles. The van der Waals surface area contributed by atoms with Crippen molar-refractivity contribution in [3.05, 3.63) is 53.4 Å². The molecule has 0 fully saturated rings. The molecule has 1 aromatic heterocycles. The Morgan fingerprint density at radius 1 is 1.32 bits per heavy atom. The number of carbonyl (C=O) groups excluding carboxylic acids is 1. The largest absolute Gasteiger partial charge is 0.441 e. The van der Waals surface area contributed by atoms with Gasteiger partial charge in [0.25, 0.3) is 0 Å². The molecule has 22 heavy (non-hydrogen) atoms. The van der Waals surface area contributed by atoms with Crippen molar-refractivity contribution in [3.8, 4) is 0 Å². The quantitative estimate of drug-likeness (QED) is 0.714. The predicted molar refractivity (Wildman–Crippen MR) is 89.6 cm³/mol. The summed E-state index contributed by atoms with van der Waals surface area (Å²) in [6.45, 7) is 1.79. The summed E-state index contributed by atoms with van der Waals surface area (Å²) < 4.78 is 5.40. The van der Waals surface area contributed by atoms with E-state index in [-0.39, 0.29) is 5.91 Å². The second-order valence-corrected chi connectivity index (χ2v) is 6.11. The van der Waals surface area contributed by atoms with Crippen LogP contribution in [-0.2, 0) is 4.79 Å². The molecule has 6 heteroatoms. The molecular weight excluding hydrogens is 320 g/mol. The highest BCUT2D eigenvalue weighted by molar-refractivity contribution is 8.00. The minimum absolute atomic E-state index is 0.0931. The van der Waals surface area contributed by atoms with Gasteiger partial charge in [0.15, 0.2) is 11.5 Å². The Bertz CT molecular complexity index is 832. The van der Waals surface area contributed by atoms with Gasteiger partial charge in [0, 0.05) is 17.5 Å². The highest BCUT2D eigenvalue weighted by atomic mass is 35.5. The van der Waals surface area contributed by atoms with Gasteiger partial charge in [-0.15, -0.1) is 11.8 Å². The molecule has 112 valence electrons. The van der Waals surface area contributed by atoms with Crippen molar-refractivity contribution in [2.45, 2.75) is 11.8 Å². The van der Waals surface area contributed by atoms with E-state index in [0.29, 0.717) is 27.9 Å². The summed E-state index contributed by atoms with van der Waals surface area (Å²) in [5.41, 5.74) is 2.14.